The van der Waals surface area contributed by atoms with Crippen molar-refractivity contribution in [3.8, 4) is 33.4 Å². The van der Waals surface area contributed by atoms with Crippen molar-refractivity contribution in [1.29, 1.82) is 0 Å². The molecule has 2 heteroatoms. The van der Waals surface area contributed by atoms with E-state index in [1.807, 2.05) is 54.6 Å². The van der Waals surface area contributed by atoms with E-state index in [0.29, 0.717) is 5.56 Å². The van der Waals surface area contributed by atoms with Gasteiger partial charge in [0.05, 0.1) is 6.85 Å². The first-order valence-corrected chi connectivity index (χ1v) is 12.8. The molecule has 0 fully saturated rings. The third-order valence-corrected chi connectivity index (χ3v) is 7.41. The summed E-state index contributed by atoms with van der Waals surface area (Å²) in [5.74, 6) is 0. The van der Waals surface area contributed by atoms with Gasteiger partial charge in [0.1, 0.15) is 11.2 Å². The summed E-state index contributed by atoms with van der Waals surface area (Å²) < 4.78 is 53.5. The van der Waals surface area contributed by atoms with Crippen molar-refractivity contribution in [2.24, 2.45) is 0 Å². The Labute approximate surface area is 232 Å². The molecule has 0 amide bonds. The van der Waals surface area contributed by atoms with E-state index >= 15 is 0 Å². The third kappa shape index (κ3) is 3.57. The number of fused-ring (bicyclic) bond motifs is 7. The molecule has 0 atom stereocenters. The predicted molar refractivity (Wildman–Crippen MR) is 162 cm³/mol. The molecule has 0 spiro atoms. The van der Waals surface area contributed by atoms with E-state index in [2.05, 4.69) is 43.3 Å². The normalized spacial score (nSPS) is 13.5. The lowest BCUT2D eigenvalue weighted by Crippen LogP contribution is -1.83. The molecule has 184 valence electrons. The fourth-order valence-electron chi connectivity index (χ4n) is 5.49. The SMILES string of the molecule is [2H]c1c([2H])c([2H])c(-c2cccc(-c3cccc(-c4ccc5oc6c(ccc7c8cc(C)ccc8oc76)c5c4)c3)c2)c([2H])c1[2H]. The highest BCUT2D eigenvalue weighted by molar-refractivity contribution is 6.19. The van der Waals surface area contributed by atoms with Crippen molar-refractivity contribution in [3.05, 3.63) is 133 Å². The topological polar surface area (TPSA) is 26.3 Å². The van der Waals surface area contributed by atoms with E-state index in [1.54, 1.807) is 6.07 Å². The van der Waals surface area contributed by atoms with Gasteiger partial charge in [0.25, 0.3) is 0 Å². The summed E-state index contributed by atoms with van der Waals surface area (Å²) in [6.45, 7) is 2.08. The van der Waals surface area contributed by atoms with Gasteiger partial charge < -0.3 is 8.83 Å². The summed E-state index contributed by atoms with van der Waals surface area (Å²) in [4.78, 5) is 0. The monoisotopic (exact) mass is 505 g/mol. The van der Waals surface area contributed by atoms with Gasteiger partial charge in [-0.15, -0.1) is 0 Å². The fraction of sp³-hybridized carbons (Fsp3) is 0.0270. The maximum absolute atomic E-state index is 8.40. The first kappa shape index (κ1) is 17.4. The highest BCUT2D eigenvalue weighted by Gasteiger charge is 2.16. The molecule has 0 unspecified atom stereocenters. The van der Waals surface area contributed by atoms with Gasteiger partial charge in [-0.2, -0.15) is 0 Å². The first-order chi connectivity index (χ1) is 21.3. The van der Waals surface area contributed by atoms with Crippen molar-refractivity contribution in [3.63, 3.8) is 0 Å². The van der Waals surface area contributed by atoms with Crippen molar-refractivity contribution in [1.82, 2.24) is 0 Å². The molecule has 0 radical (unpaired) electrons. The largest absolute Gasteiger partial charge is 0.452 e. The van der Waals surface area contributed by atoms with Crippen LogP contribution in [0.4, 0.5) is 0 Å². The van der Waals surface area contributed by atoms with Gasteiger partial charge in [-0.25, -0.2) is 0 Å². The van der Waals surface area contributed by atoms with Crippen LogP contribution in [0.1, 0.15) is 12.4 Å². The molecular weight excluding hydrogens is 476 g/mol. The molecule has 2 nitrogen and oxygen atoms in total. The molecule has 0 aliphatic carbocycles. The molecule has 0 N–H and O–H groups in total. The van der Waals surface area contributed by atoms with E-state index < -0.39 is 6.04 Å². The molecule has 8 rings (SSSR count). The number of rotatable bonds is 3. The second-order valence-corrected chi connectivity index (χ2v) is 9.90. The van der Waals surface area contributed by atoms with Crippen molar-refractivity contribution < 1.29 is 15.7 Å². The molecule has 0 aliphatic heterocycles. The quantitative estimate of drug-likeness (QED) is 0.239. The molecule has 0 saturated heterocycles. The number of hydrogen-bond acceptors (Lipinski definition) is 2. The fourth-order valence-corrected chi connectivity index (χ4v) is 5.49. The lowest BCUT2D eigenvalue weighted by atomic mass is 9.96. The molecule has 2 heterocycles. The van der Waals surface area contributed by atoms with E-state index in [-0.39, 0.29) is 29.7 Å². The van der Waals surface area contributed by atoms with E-state index in [4.69, 9.17) is 15.7 Å². The Bertz CT molecular complexity index is 2440. The number of benzene rings is 6. The molecule has 0 bridgehead atoms. The summed E-state index contributed by atoms with van der Waals surface area (Å²) in [6, 6.07) is 30.7. The Hall–Kier alpha value is -5.08. The molecule has 8 aromatic rings. The van der Waals surface area contributed by atoms with E-state index in [9.17, 15) is 0 Å². The lowest BCUT2D eigenvalue weighted by molar-refractivity contribution is 0.633. The van der Waals surface area contributed by atoms with Crippen molar-refractivity contribution in [2.45, 2.75) is 6.92 Å². The van der Waals surface area contributed by atoms with Crippen molar-refractivity contribution >= 4 is 43.9 Å². The van der Waals surface area contributed by atoms with Crippen LogP contribution in [0.15, 0.2) is 136 Å². The summed E-state index contributed by atoms with van der Waals surface area (Å²) in [7, 11) is 0. The summed E-state index contributed by atoms with van der Waals surface area (Å²) in [6.07, 6.45) is 0. The number of furan rings is 2. The lowest BCUT2D eigenvalue weighted by Gasteiger charge is -2.09. The van der Waals surface area contributed by atoms with Crippen LogP contribution < -0.4 is 0 Å². The van der Waals surface area contributed by atoms with Crippen LogP contribution in [0.25, 0.3) is 77.3 Å². The van der Waals surface area contributed by atoms with Crippen LogP contribution >= 0.6 is 0 Å². The molecular formula is C37H24O2. The third-order valence-electron chi connectivity index (χ3n) is 7.41. The van der Waals surface area contributed by atoms with Crippen LogP contribution in [0.5, 0.6) is 0 Å². The summed E-state index contributed by atoms with van der Waals surface area (Å²) >= 11 is 0. The molecule has 6 aromatic carbocycles. The zero-order valence-corrected chi connectivity index (χ0v) is 21.1. The molecule has 39 heavy (non-hydrogen) atoms. The molecule has 0 aliphatic rings. The Kier molecular flexibility index (Phi) is 3.79. The van der Waals surface area contributed by atoms with Gasteiger partial charge in [0.2, 0.25) is 0 Å². The maximum atomic E-state index is 8.40. The van der Waals surface area contributed by atoms with E-state index in [0.717, 1.165) is 66.1 Å². The van der Waals surface area contributed by atoms with Gasteiger partial charge in [-0.05, 0) is 88.8 Å². The van der Waals surface area contributed by atoms with Crippen LogP contribution in [0.2, 0.25) is 0 Å². The Morgan fingerprint density at radius 3 is 1.59 bits per heavy atom. The number of hydrogen-bond donors (Lipinski definition) is 0. The minimum Gasteiger partial charge on any atom is -0.452 e. The minimum absolute atomic E-state index is 0.194. The zero-order chi connectivity index (χ0) is 30.3. The second kappa shape index (κ2) is 8.47. The van der Waals surface area contributed by atoms with E-state index in [1.165, 1.54) is 5.56 Å². The average molecular weight is 506 g/mol. The van der Waals surface area contributed by atoms with Crippen molar-refractivity contribution in [2.75, 3.05) is 0 Å². The van der Waals surface area contributed by atoms with Gasteiger partial charge in [-0.1, -0.05) is 84.3 Å². The highest BCUT2D eigenvalue weighted by Crippen LogP contribution is 2.40. The van der Waals surface area contributed by atoms with Gasteiger partial charge in [0.15, 0.2) is 11.2 Å². The predicted octanol–water partition coefficient (Wildman–Crippen LogP) is 10.8. The summed E-state index contributed by atoms with van der Waals surface area (Å²) in [5.41, 5.74) is 8.95. The zero-order valence-electron chi connectivity index (χ0n) is 26.1. The van der Waals surface area contributed by atoms with Crippen LogP contribution in [-0.2, 0) is 0 Å². The molecule has 2 aromatic heterocycles. The Morgan fingerprint density at radius 1 is 0.462 bits per heavy atom. The van der Waals surface area contributed by atoms with Crippen LogP contribution in [0.3, 0.4) is 0 Å². The van der Waals surface area contributed by atoms with Crippen LogP contribution in [-0.4, -0.2) is 0 Å². The smallest absolute Gasteiger partial charge is 0.178 e. The maximum Gasteiger partial charge on any atom is 0.178 e. The van der Waals surface area contributed by atoms with Crippen LogP contribution in [0, 0.1) is 6.92 Å². The summed E-state index contributed by atoms with van der Waals surface area (Å²) in [5, 5.41) is 4.11. The highest BCUT2D eigenvalue weighted by atomic mass is 16.4. The van der Waals surface area contributed by atoms with Gasteiger partial charge in [-0.3, -0.25) is 0 Å². The average Bonchev–Trinajstić information content (AvgIpc) is 3.61. The number of aryl methyl sites for hydroxylation is 1. The second-order valence-electron chi connectivity index (χ2n) is 9.90. The standard InChI is InChI=1S/C37H24O2/c1-23-13-17-34-32(19-23)30-15-16-31-33-22-29(14-18-35(33)39-37(31)36(30)38-34)28-12-6-11-27(21-28)26-10-5-9-25(20-26)24-7-3-2-4-8-24/h2-22H,1H3/i2D,3D,4D,7D,8D. The van der Waals surface area contributed by atoms with Gasteiger partial charge >= 0.3 is 0 Å². The minimum atomic E-state index is -0.396. The Balaban J connectivity index is 1.22. The molecule has 0 saturated carbocycles. The first-order valence-electron chi connectivity index (χ1n) is 15.3. The Morgan fingerprint density at radius 2 is 0.974 bits per heavy atom. The van der Waals surface area contributed by atoms with Gasteiger partial charge in [0, 0.05) is 21.5 Å².